The first kappa shape index (κ1) is 55.2. The van der Waals surface area contributed by atoms with Crippen LogP contribution in [0.25, 0.3) is 21.5 Å². The molecule has 0 spiro atoms. The fourth-order valence-corrected chi connectivity index (χ4v) is 12.3. The molecule has 1 N–H and O–H groups in total. The standard InChI is InChI=1S/C49H58N2O16S4/c1-48(2)43(50(24-13-9-12-17-45(52)53)40-20-18-36-33(22-26-66-4)29-34(69(57,58)59)30-38(36)46(40)48)15-10-7-6-8-11-16-44-49(3,23-14-28-68(54,55)56)47-39-31-35(70(60,61)62)32-42(71(63,64)65)37(39)19-21-41(47)51(44)25-27-67-5/h6-8,10-11,15-16,18-21,29-32H,9,12-14,17,22-28H2,1-5H3,(H4-,52,53,54,55,56,57,58,59,60,61,62,63,64,65)/p-3. The Kier molecular flexibility index (Phi) is 16.7. The van der Waals surface area contributed by atoms with E-state index < -0.39 is 72.8 Å². The third-order valence-corrected chi connectivity index (χ3v) is 16.3. The minimum atomic E-state index is -5.33. The number of fused-ring (bicyclic) bond motifs is 6. The minimum absolute atomic E-state index is 0.0270. The second-order valence-electron chi connectivity index (χ2n) is 18.1. The quantitative estimate of drug-likeness (QED) is 0.0373. The second kappa shape index (κ2) is 21.5. The summed E-state index contributed by atoms with van der Waals surface area (Å²) in [6, 6.07) is 11.1. The van der Waals surface area contributed by atoms with Crippen LogP contribution in [-0.4, -0.2) is 120 Å². The zero-order chi connectivity index (χ0) is 52.3. The van der Waals surface area contributed by atoms with Gasteiger partial charge in [0, 0.05) is 73.9 Å². The Bertz CT molecular complexity index is 3380. The Hall–Kier alpha value is -5.14. The van der Waals surface area contributed by atoms with Gasteiger partial charge in [-0.3, -0.25) is 4.79 Å². The number of benzene rings is 4. The van der Waals surface area contributed by atoms with Crippen LogP contribution in [0.15, 0.2) is 111 Å². The smallest absolute Gasteiger partial charge is 0.303 e. The van der Waals surface area contributed by atoms with Crippen molar-refractivity contribution in [1.29, 1.82) is 0 Å². The third-order valence-electron chi connectivity index (χ3n) is 13.0. The van der Waals surface area contributed by atoms with Crippen molar-refractivity contribution in [2.24, 2.45) is 0 Å². The number of allylic oxidation sites excluding steroid dienone is 8. The molecule has 71 heavy (non-hydrogen) atoms. The van der Waals surface area contributed by atoms with Crippen molar-refractivity contribution in [3.05, 3.63) is 113 Å². The van der Waals surface area contributed by atoms with Crippen LogP contribution >= 0.6 is 0 Å². The van der Waals surface area contributed by atoms with Crippen LogP contribution < -0.4 is 4.90 Å². The van der Waals surface area contributed by atoms with E-state index in [1.54, 1.807) is 43.4 Å². The van der Waals surface area contributed by atoms with Gasteiger partial charge in [0.15, 0.2) is 5.71 Å². The molecule has 4 aromatic rings. The van der Waals surface area contributed by atoms with Gasteiger partial charge in [-0.1, -0.05) is 36.4 Å². The molecule has 0 fully saturated rings. The van der Waals surface area contributed by atoms with Gasteiger partial charge in [0.2, 0.25) is 5.69 Å². The molecule has 384 valence electrons. The van der Waals surface area contributed by atoms with Crippen molar-refractivity contribution >= 4 is 85.1 Å². The summed E-state index contributed by atoms with van der Waals surface area (Å²) in [6.45, 7) is 6.86. The van der Waals surface area contributed by atoms with E-state index >= 15 is 0 Å². The lowest BCUT2D eigenvalue weighted by Crippen LogP contribution is -2.31. The summed E-state index contributed by atoms with van der Waals surface area (Å²) in [5, 5.41) is 10.4. The second-order valence-corrected chi connectivity index (χ2v) is 23.7. The average Bonchev–Trinajstić information content (AvgIpc) is 3.64. The molecule has 0 aliphatic carbocycles. The van der Waals surface area contributed by atoms with Gasteiger partial charge >= 0.3 is 5.97 Å². The molecule has 0 bridgehead atoms. The van der Waals surface area contributed by atoms with Gasteiger partial charge in [0.25, 0.3) is 0 Å². The number of hydrogen-bond donors (Lipinski definition) is 1. The summed E-state index contributed by atoms with van der Waals surface area (Å²) < 4.78 is 160. The number of carbonyl (C=O) groups is 1. The Labute approximate surface area is 414 Å². The number of carboxylic acids is 1. The fraction of sp³-hybridized carbons (Fsp3) is 0.388. The fourth-order valence-electron chi connectivity index (χ4n) is 9.89. The highest BCUT2D eigenvalue weighted by molar-refractivity contribution is 7.87. The largest absolute Gasteiger partial charge is 0.748 e. The van der Waals surface area contributed by atoms with Crippen LogP contribution in [0.5, 0.6) is 0 Å². The van der Waals surface area contributed by atoms with E-state index in [1.807, 2.05) is 43.0 Å². The first-order chi connectivity index (χ1) is 33.1. The third kappa shape index (κ3) is 12.2. The molecule has 6 rings (SSSR count). The van der Waals surface area contributed by atoms with Crippen molar-refractivity contribution in [2.45, 2.75) is 91.2 Å². The van der Waals surface area contributed by atoms with Crippen molar-refractivity contribution in [3.8, 4) is 0 Å². The highest BCUT2D eigenvalue weighted by Gasteiger charge is 2.46. The summed E-state index contributed by atoms with van der Waals surface area (Å²) in [7, 11) is -17.2. The SMILES string of the molecule is COCCc1cc(S(=O)(=O)[O-])cc2c3c(ccc12)[N+](CCCCCC(=O)O)=C(/C=C/C=C/C=C/C=C1/N(CCOC)c2ccc4c(S(=O)(=O)[O-])cc(S(=O)(=O)[O-])cc4c2C1(C)CCCS(=O)(=O)[O-])C3(C)C. The monoisotopic (exact) mass is 1060 g/mol. The number of anilines is 1. The zero-order valence-corrected chi connectivity index (χ0v) is 43.0. The Balaban J connectivity index is 1.42. The van der Waals surface area contributed by atoms with E-state index in [0.717, 1.165) is 28.4 Å². The first-order valence-electron chi connectivity index (χ1n) is 22.5. The molecule has 1 unspecified atom stereocenters. The molecule has 2 heterocycles. The molecule has 0 saturated carbocycles. The Morgan fingerprint density at radius 1 is 0.704 bits per heavy atom. The van der Waals surface area contributed by atoms with E-state index in [-0.39, 0.29) is 48.1 Å². The lowest BCUT2D eigenvalue weighted by atomic mass is 9.75. The molecule has 4 aromatic carbocycles. The number of rotatable bonds is 23. The maximum Gasteiger partial charge on any atom is 0.303 e. The Morgan fingerprint density at radius 3 is 1.94 bits per heavy atom. The highest BCUT2D eigenvalue weighted by atomic mass is 32.2. The molecule has 0 saturated heterocycles. The number of unbranched alkanes of at least 4 members (excludes halogenated alkanes) is 2. The van der Waals surface area contributed by atoms with Crippen LogP contribution in [0.1, 0.15) is 76.0 Å². The van der Waals surface area contributed by atoms with Crippen molar-refractivity contribution < 1.29 is 75.8 Å². The summed E-state index contributed by atoms with van der Waals surface area (Å²) in [5.41, 5.74) is 2.38. The van der Waals surface area contributed by atoms with Crippen LogP contribution in [0, 0.1) is 0 Å². The van der Waals surface area contributed by atoms with Crippen LogP contribution in [-0.2, 0) is 72.0 Å². The van der Waals surface area contributed by atoms with Gasteiger partial charge in [0.1, 0.15) is 36.9 Å². The molecule has 0 amide bonds. The lowest BCUT2D eigenvalue weighted by Gasteiger charge is -2.31. The van der Waals surface area contributed by atoms with E-state index in [4.69, 9.17) is 9.47 Å². The normalized spacial score (nSPS) is 18.1. The summed E-state index contributed by atoms with van der Waals surface area (Å²) in [6.07, 6.45) is 14.3. The van der Waals surface area contributed by atoms with Crippen molar-refractivity contribution in [2.75, 3.05) is 51.2 Å². The Morgan fingerprint density at radius 2 is 1.32 bits per heavy atom. The van der Waals surface area contributed by atoms with Crippen LogP contribution in [0.3, 0.4) is 0 Å². The summed E-state index contributed by atoms with van der Waals surface area (Å²) >= 11 is 0. The molecule has 2 aliphatic rings. The molecular weight excluding hydrogens is 1000 g/mol. The number of methoxy groups -OCH3 is 2. The van der Waals surface area contributed by atoms with E-state index in [1.165, 1.54) is 32.4 Å². The summed E-state index contributed by atoms with van der Waals surface area (Å²) in [5.74, 6) is -1.64. The predicted octanol–water partition coefficient (Wildman–Crippen LogP) is 6.22. The maximum atomic E-state index is 12.5. The first-order valence-corrected chi connectivity index (χ1v) is 28.3. The van der Waals surface area contributed by atoms with Crippen LogP contribution in [0.2, 0.25) is 0 Å². The molecule has 2 aliphatic heterocycles. The minimum Gasteiger partial charge on any atom is -0.748 e. The average molecular weight is 1060 g/mol. The van der Waals surface area contributed by atoms with E-state index in [0.29, 0.717) is 72.8 Å². The zero-order valence-electron chi connectivity index (χ0n) is 39.7. The summed E-state index contributed by atoms with van der Waals surface area (Å²) in [4.78, 5) is 10.8. The molecule has 1 atom stereocenters. The number of ether oxygens (including phenoxy) is 2. The highest BCUT2D eigenvalue weighted by Crippen LogP contribution is 2.54. The van der Waals surface area contributed by atoms with Crippen molar-refractivity contribution in [1.82, 2.24) is 0 Å². The van der Waals surface area contributed by atoms with E-state index in [9.17, 15) is 61.8 Å². The predicted molar refractivity (Wildman–Crippen MR) is 262 cm³/mol. The molecular formula is C49H55N2O16S4-3. The lowest BCUT2D eigenvalue weighted by molar-refractivity contribution is -0.438. The van der Waals surface area contributed by atoms with Gasteiger partial charge in [-0.15, -0.1) is 0 Å². The van der Waals surface area contributed by atoms with Gasteiger partial charge in [-0.25, -0.2) is 33.7 Å². The van der Waals surface area contributed by atoms with Gasteiger partial charge < -0.3 is 37.7 Å². The molecule has 0 radical (unpaired) electrons. The molecule has 22 heteroatoms. The molecule has 0 aromatic heterocycles. The number of aliphatic carboxylic acids is 1. The van der Waals surface area contributed by atoms with E-state index in [2.05, 4.69) is 4.58 Å². The number of nitrogens with zero attached hydrogens (tertiary/aromatic N) is 2. The van der Waals surface area contributed by atoms with Gasteiger partial charge in [-0.05, 0) is 128 Å². The van der Waals surface area contributed by atoms with Crippen LogP contribution in [0.4, 0.5) is 11.4 Å². The molecule has 18 nitrogen and oxygen atoms in total. The number of carboxylic acid groups (broad SMARTS) is 1. The maximum absolute atomic E-state index is 12.5. The van der Waals surface area contributed by atoms with Gasteiger partial charge in [-0.2, -0.15) is 4.58 Å². The van der Waals surface area contributed by atoms with Gasteiger partial charge in [0.05, 0.1) is 43.4 Å². The number of hydrogen-bond acceptors (Lipinski definition) is 16. The topological polar surface area (TPSA) is 291 Å². The van der Waals surface area contributed by atoms with Crippen molar-refractivity contribution in [3.63, 3.8) is 0 Å².